The van der Waals surface area contributed by atoms with Crippen LogP contribution in [0.5, 0.6) is 5.75 Å². The number of nitrogens with zero attached hydrogens (tertiary/aromatic N) is 1. The van der Waals surface area contributed by atoms with Crippen LogP contribution in [0, 0.1) is 5.82 Å². The zero-order chi connectivity index (χ0) is 19.3. The van der Waals surface area contributed by atoms with Crippen LogP contribution in [-0.2, 0) is 21.2 Å². The molecule has 0 unspecified atom stereocenters. The lowest BCUT2D eigenvalue weighted by atomic mass is 10.1. The second-order valence-corrected chi connectivity index (χ2v) is 7.81. The molecule has 0 saturated carbocycles. The van der Waals surface area contributed by atoms with Gasteiger partial charge in [0, 0.05) is 20.5 Å². The lowest BCUT2D eigenvalue weighted by molar-refractivity contribution is 0.0503. The first kappa shape index (κ1) is 19.9. The monoisotopic (exact) mass is 381 g/mol. The van der Waals surface area contributed by atoms with E-state index in [-0.39, 0.29) is 11.5 Å². The number of halogens is 1. The fourth-order valence-corrected chi connectivity index (χ4v) is 3.09. The molecule has 0 aliphatic heterocycles. The number of carbonyl (C=O) groups excluding carboxylic acids is 1. The lowest BCUT2D eigenvalue weighted by Gasteiger charge is -2.12. The van der Waals surface area contributed by atoms with Gasteiger partial charge in [0.2, 0.25) is 10.0 Å². The maximum absolute atomic E-state index is 13.9. The Morgan fingerprint density at radius 3 is 2.35 bits per heavy atom. The molecule has 2 rings (SSSR count). The Kier molecular flexibility index (Phi) is 6.33. The number of sulfonamides is 1. The van der Waals surface area contributed by atoms with Gasteiger partial charge in [-0.1, -0.05) is 12.1 Å². The van der Waals surface area contributed by atoms with Crippen molar-refractivity contribution >= 4 is 16.0 Å². The average molecular weight is 381 g/mol. The highest BCUT2D eigenvalue weighted by Gasteiger charge is 2.22. The van der Waals surface area contributed by atoms with E-state index in [9.17, 15) is 17.6 Å². The molecule has 0 bridgehead atoms. The van der Waals surface area contributed by atoms with Crippen LogP contribution in [-0.4, -0.2) is 46.5 Å². The molecule has 140 valence electrons. The molecule has 2 aromatic carbocycles. The SMILES string of the molecule is COc1ccc(CCOC(=O)c2cc(S(=O)(=O)N(C)C)ccc2F)cc1. The van der Waals surface area contributed by atoms with Gasteiger partial charge in [-0.3, -0.25) is 0 Å². The normalized spacial score (nSPS) is 11.4. The summed E-state index contributed by atoms with van der Waals surface area (Å²) in [6.07, 6.45) is 0.438. The molecule has 0 saturated heterocycles. The molecule has 0 spiro atoms. The minimum Gasteiger partial charge on any atom is -0.497 e. The minimum atomic E-state index is -3.77. The maximum atomic E-state index is 13.9. The lowest BCUT2D eigenvalue weighted by Crippen LogP contribution is -2.23. The molecule has 0 aliphatic carbocycles. The molecule has 0 N–H and O–H groups in total. The van der Waals surface area contributed by atoms with Crippen LogP contribution in [0.4, 0.5) is 4.39 Å². The van der Waals surface area contributed by atoms with Gasteiger partial charge in [-0.05, 0) is 35.9 Å². The van der Waals surface area contributed by atoms with Crippen molar-refractivity contribution < 1.29 is 27.1 Å². The molecule has 0 atom stereocenters. The fraction of sp³-hybridized carbons (Fsp3) is 0.278. The third-order valence-corrected chi connectivity index (χ3v) is 5.53. The van der Waals surface area contributed by atoms with Crippen LogP contribution in [0.2, 0.25) is 0 Å². The summed E-state index contributed by atoms with van der Waals surface area (Å²) in [4.78, 5) is 11.9. The predicted molar refractivity (Wildman–Crippen MR) is 94.3 cm³/mol. The number of carbonyl (C=O) groups is 1. The Bertz CT molecular complexity index is 879. The van der Waals surface area contributed by atoms with E-state index < -0.39 is 27.4 Å². The Hall–Kier alpha value is -2.45. The summed E-state index contributed by atoms with van der Waals surface area (Å²) in [5.41, 5.74) is 0.505. The molecule has 0 aromatic heterocycles. The molecule has 8 heteroatoms. The van der Waals surface area contributed by atoms with Crippen LogP contribution < -0.4 is 4.74 Å². The topological polar surface area (TPSA) is 72.9 Å². The molecule has 0 fully saturated rings. The van der Waals surface area contributed by atoms with Crippen molar-refractivity contribution in [3.05, 3.63) is 59.4 Å². The van der Waals surface area contributed by atoms with Crippen molar-refractivity contribution in [1.29, 1.82) is 0 Å². The van der Waals surface area contributed by atoms with Gasteiger partial charge in [0.15, 0.2) is 0 Å². The molecule has 26 heavy (non-hydrogen) atoms. The first-order valence-corrected chi connectivity index (χ1v) is 9.22. The molecule has 0 aliphatic rings. The Morgan fingerprint density at radius 2 is 1.77 bits per heavy atom. The summed E-state index contributed by atoms with van der Waals surface area (Å²) >= 11 is 0. The number of esters is 1. The van der Waals surface area contributed by atoms with Gasteiger partial charge in [0.25, 0.3) is 0 Å². The van der Waals surface area contributed by atoms with Gasteiger partial charge in [0.05, 0.1) is 24.2 Å². The summed E-state index contributed by atoms with van der Waals surface area (Å²) in [6, 6.07) is 10.3. The number of hydrogen-bond acceptors (Lipinski definition) is 5. The Balaban J connectivity index is 2.06. The smallest absolute Gasteiger partial charge is 0.341 e. The van der Waals surface area contributed by atoms with Crippen molar-refractivity contribution in [1.82, 2.24) is 4.31 Å². The summed E-state index contributed by atoms with van der Waals surface area (Å²) in [5, 5.41) is 0. The van der Waals surface area contributed by atoms with Crippen LogP contribution in [0.15, 0.2) is 47.4 Å². The van der Waals surface area contributed by atoms with Gasteiger partial charge in [0.1, 0.15) is 11.6 Å². The van der Waals surface area contributed by atoms with Crippen LogP contribution in [0.1, 0.15) is 15.9 Å². The minimum absolute atomic E-state index is 0.0370. The van der Waals surface area contributed by atoms with Crippen molar-refractivity contribution in [2.45, 2.75) is 11.3 Å². The van der Waals surface area contributed by atoms with E-state index in [2.05, 4.69) is 0 Å². The zero-order valence-electron chi connectivity index (χ0n) is 14.7. The van der Waals surface area contributed by atoms with Gasteiger partial charge in [-0.25, -0.2) is 21.9 Å². The Labute approximate surface area is 152 Å². The van der Waals surface area contributed by atoms with Crippen molar-refractivity contribution in [2.75, 3.05) is 27.8 Å². The first-order chi connectivity index (χ1) is 12.3. The molecular formula is C18H20FNO5S. The molecular weight excluding hydrogens is 361 g/mol. The van der Waals surface area contributed by atoms with E-state index in [1.54, 1.807) is 19.2 Å². The van der Waals surface area contributed by atoms with Gasteiger partial charge in [-0.2, -0.15) is 0 Å². The third-order valence-electron chi connectivity index (χ3n) is 3.72. The predicted octanol–water partition coefficient (Wildman–Crippen LogP) is 2.48. The van der Waals surface area contributed by atoms with Gasteiger partial charge in [-0.15, -0.1) is 0 Å². The number of ether oxygens (including phenoxy) is 2. The summed E-state index contributed by atoms with van der Waals surface area (Å²) in [7, 11) is 0.498. The highest BCUT2D eigenvalue weighted by atomic mass is 32.2. The average Bonchev–Trinajstić information content (AvgIpc) is 2.62. The van der Waals surface area contributed by atoms with E-state index in [0.29, 0.717) is 12.2 Å². The highest BCUT2D eigenvalue weighted by molar-refractivity contribution is 7.89. The number of rotatable bonds is 7. The Morgan fingerprint density at radius 1 is 1.12 bits per heavy atom. The van der Waals surface area contributed by atoms with E-state index in [4.69, 9.17) is 9.47 Å². The molecule has 0 heterocycles. The van der Waals surface area contributed by atoms with Gasteiger partial charge < -0.3 is 9.47 Å². The fourth-order valence-electron chi connectivity index (χ4n) is 2.16. The van der Waals surface area contributed by atoms with E-state index in [1.165, 1.54) is 14.1 Å². The summed E-state index contributed by atoms with van der Waals surface area (Å²) in [6.45, 7) is 0.0370. The van der Waals surface area contributed by atoms with Gasteiger partial charge >= 0.3 is 5.97 Å². The largest absolute Gasteiger partial charge is 0.497 e. The van der Waals surface area contributed by atoms with E-state index in [0.717, 1.165) is 28.1 Å². The number of hydrogen-bond donors (Lipinski definition) is 0. The summed E-state index contributed by atoms with van der Waals surface area (Å²) in [5.74, 6) is -1.03. The van der Waals surface area contributed by atoms with E-state index >= 15 is 0 Å². The zero-order valence-corrected chi connectivity index (χ0v) is 15.5. The quantitative estimate of drug-likeness (QED) is 0.689. The highest BCUT2D eigenvalue weighted by Crippen LogP contribution is 2.19. The summed E-state index contributed by atoms with van der Waals surface area (Å²) < 4.78 is 49.3. The first-order valence-electron chi connectivity index (χ1n) is 7.78. The number of benzene rings is 2. The van der Waals surface area contributed by atoms with Crippen molar-refractivity contribution in [3.63, 3.8) is 0 Å². The van der Waals surface area contributed by atoms with Crippen molar-refractivity contribution in [2.24, 2.45) is 0 Å². The van der Waals surface area contributed by atoms with Crippen LogP contribution in [0.25, 0.3) is 0 Å². The van der Waals surface area contributed by atoms with Crippen LogP contribution >= 0.6 is 0 Å². The molecule has 0 amide bonds. The third kappa shape index (κ3) is 4.59. The molecule has 0 radical (unpaired) electrons. The second kappa shape index (κ2) is 8.29. The molecule has 6 nitrogen and oxygen atoms in total. The molecule has 2 aromatic rings. The van der Waals surface area contributed by atoms with E-state index in [1.807, 2.05) is 12.1 Å². The van der Waals surface area contributed by atoms with Crippen LogP contribution in [0.3, 0.4) is 0 Å². The number of methoxy groups -OCH3 is 1. The van der Waals surface area contributed by atoms with Crippen molar-refractivity contribution in [3.8, 4) is 5.75 Å². The maximum Gasteiger partial charge on any atom is 0.341 e. The second-order valence-electron chi connectivity index (χ2n) is 5.66. The standard InChI is InChI=1S/C18H20FNO5S/c1-20(2)26(22,23)15-8-9-17(19)16(12-15)18(21)25-11-10-13-4-6-14(24-3)7-5-13/h4-9,12H,10-11H2,1-3H3.